The van der Waals surface area contributed by atoms with Gasteiger partial charge in [0.15, 0.2) is 0 Å². The predicted molar refractivity (Wildman–Crippen MR) is 78.4 cm³/mol. The van der Waals surface area contributed by atoms with Gasteiger partial charge in [-0.15, -0.1) is 0 Å². The summed E-state index contributed by atoms with van der Waals surface area (Å²) in [6, 6.07) is 0.138. The highest BCUT2D eigenvalue weighted by molar-refractivity contribution is 5.79. The van der Waals surface area contributed by atoms with Crippen molar-refractivity contribution in [1.82, 2.24) is 10.2 Å². The van der Waals surface area contributed by atoms with Crippen molar-refractivity contribution < 1.29 is 14.7 Å². The molecule has 1 heterocycles. The summed E-state index contributed by atoms with van der Waals surface area (Å²) >= 11 is 0. The third kappa shape index (κ3) is 3.72. The maximum absolute atomic E-state index is 12.0. The molecule has 0 spiro atoms. The zero-order valence-electron chi connectivity index (χ0n) is 13.3. The van der Waals surface area contributed by atoms with Crippen LogP contribution in [0.1, 0.15) is 41.0 Å². The summed E-state index contributed by atoms with van der Waals surface area (Å²) in [5.41, 5.74) is -0.704. The van der Waals surface area contributed by atoms with E-state index in [9.17, 15) is 14.7 Å². The van der Waals surface area contributed by atoms with E-state index < -0.39 is 11.4 Å². The zero-order chi connectivity index (χ0) is 15.5. The van der Waals surface area contributed by atoms with Gasteiger partial charge >= 0.3 is 5.97 Å². The molecule has 2 atom stereocenters. The molecule has 0 saturated carbocycles. The molecule has 1 aliphatic heterocycles. The molecular weight excluding hydrogens is 256 g/mol. The second kappa shape index (κ2) is 6.57. The van der Waals surface area contributed by atoms with Crippen molar-refractivity contribution in [1.29, 1.82) is 0 Å². The molecule has 0 bridgehead atoms. The van der Waals surface area contributed by atoms with Gasteiger partial charge in [-0.25, -0.2) is 0 Å². The standard InChI is InChI=1S/C15H28N2O3/c1-10(2)12(5)16-13(18)8-17-7-6-15(9-17,11(3)4)14(19)20/h10-12H,6-9H2,1-5H3,(H,16,18)(H,19,20). The summed E-state index contributed by atoms with van der Waals surface area (Å²) in [7, 11) is 0. The number of carboxylic acids is 1. The van der Waals surface area contributed by atoms with Crippen LogP contribution in [0.4, 0.5) is 0 Å². The highest BCUT2D eigenvalue weighted by Gasteiger charge is 2.47. The van der Waals surface area contributed by atoms with Crippen LogP contribution in [0.3, 0.4) is 0 Å². The molecule has 0 radical (unpaired) electrons. The Kier molecular flexibility index (Phi) is 5.57. The van der Waals surface area contributed by atoms with Gasteiger partial charge in [-0.2, -0.15) is 0 Å². The summed E-state index contributed by atoms with van der Waals surface area (Å²) in [6.45, 7) is 11.4. The molecule has 1 amide bonds. The third-order valence-electron chi connectivity index (χ3n) is 4.67. The van der Waals surface area contributed by atoms with Crippen molar-refractivity contribution in [2.75, 3.05) is 19.6 Å². The van der Waals surface area contributed by atoms with E-state index >= 15 is 0 Å². The van der Waals surface area contributed by atoms with E-state index in [2.05, 4.69) is 19.2 Å². The Hall–Kier alpha value is -1.10. The molecule has 20 heavy (non-hydrogen) atoms. The van der Waals surface area contributed by atoms with Crippen LogP contribution >= 0.6 is 0 Å². The average Bonchev–Trinajstić information content (AvgIpc) is 2.73. The van der Waals surface area contributed by atoms with Crippen LogP contribution in [0.15, 0.2) is 0 Å². The lowest BCUT2D eigenvalue weighted by Crippen LogP contribution is -2.44. The third-order valence-corrected chi connectivity index (χ3v) is 4.67. The summed E-state index contributed by atoms with van der Waals surface area (Å²) in [6.07, 6.45) is 0.618. The molecule has 1 rings (SSSR count). The van der Waals surface area contributed by atoms with Crippen LogP contribution in [-0.4, -0.2) is 47.6 Å². The van der Waals surface area contributed by atoms with Gasteiger partial charge in [0.1, 0.15) is 0 Å². The van der Waals surface area contributed by atoms with Gasteiger partial charge in [0.25, 0.3) is 0 Å². The summed E-state index contributed by atoms with van der Waals surface area (Å²) in [5.74, 6) is -0.295. The van der Waals surface area contributed by atoms with E-state index in [4.69, 9.17) is 0 Å². The van der Waals surface area contributed by atoms with Crippen molar-refractivity contribution in [2.45, 2.75) is 47.1 Å². The molecule has 2 unspecified atom stereocenters. The lowest BCUT2D eigenvalue weighted by atomic mass is 9.76. The molecule has 1 saturated heterocycles. The second-order valence-corrected chi connectivity index (χ2v) is 6.68. The van der Waals surface area contributed by atoms with E-state index in [1.807, 2.05) is 25.7 Å². The van der Waals surface area contributed by atoms with Crippen molar-refractivity contribution in [3.63, 3.8) is 0 Å². The van der Waals surface area contributed by atoms with Crippen LogP contribution in [0.2, 0.25) is 0 Å². The van der Waals surface area contributed by atoms with Gasteiger partial charge in [0, 0.05) is 12.6 Å². The fourth-order valence-electron chi connectivity index (χ4n) is 2.61. The Bertz CT molecular complexity index is 368. The maximum atomic E-state index is 12.0. The molecule has 2 N–H and O–H groups in total. The SMILES string of the molecule is CC(C)C(C)NC(=O)CN1CCC(C(=O)O)(C(C)C)C1. The van der Waals surface area contributed by atoms with Crippen LogP contribution < -0.4 is 5.32 Å². The first-order valence-electron chi connectivity index (χ1n) is 7.44. The van der Waals surface area contributed by atoms with E-state index in [-0.39, 0.29) is 17.9 Å². The van der Waals surface area contributed by atoms with Crippen LogP contribution in [0.5, 0.6) is 0 Å². The number of hydrogen-bond donors (Lipinski definition) is 2. The van der Waals surface area contributed by atoms with E-state index in [0.717, 1.165) is 0 Å². The number of rotatable bonds is 6. The first kappa shape index (κ1) is 17.0. The number of hydrogen-bond acceptors (Lipinski definition) is 3. The van der Waals surface area contributed by atoms with E-state index in [1.54, 1.807) is 0 Å². The second-order valence-electron chi connectivity index (χ2n) is 6.68. The van der Waals surface area contributed by atoms with Crippen LogP contribution in [0, 0.1) is 17.3 Å². The number of likely N-dealkylation sites (tertiary alicyclic amines) is 1. The van der Waals surface area contributed by atoms with Gasteiger partial charge in [-0.05, 0) is 31.7 Å². The number of carboxylic acid groups (broad SMARTS) is 1. The largest absolute Gasteiger partial charge is 0.481 e. The Labute approximate surface area is 121 Å². The molecule has 5 nitrogen and oxygen atoms in total. The molecule has 1 fully saturated rings. The van der Waals surface area contributed by atoms with Gasteiger partial charge in [0.05, 0.1) is 12.0 Å². The summed E-state index contributed by atoms with van der Waals surface area (Å²) in [5, 5.41) is 12.4. The predicted octanol–water partition coefficient (Wildman–Crippen LogP) is 1.58. The van der Waals surface area contributed by atoms with Gasteiger partial charge < -0.3 is 10.4 Å². The molecule has 1 aliphatic rings. The normalized spacial score (nSPS) is 25.1. The summed E-state index contributed by atoms with van der Waals surface area (Å²) in [4.78, 5) is 25.5. The Morgan fingerprint density at radius 2 is 1.85 bits per heavy atom. The molecule has 5 heteroatoms. The number of carbonyl (C=O) groups is 2. The van der Waals surface area contributed by atoms with Gasteiger partial charge in [-0.1, -0.05) is 27.7 Å². The molecule has 116 valence electrons. The molecule has 0 aliphatic carbocycles. The number of nitrogens with one attached hydrogen (secondary N) is 1. The van der Waals surface area contributed by atoms with Gasteiger partial charge in [0.2, 0.25) is 5.91 Å². The number of nitrogens with zero attached hydrogens (tertiary/aromatic N) is 1. The molecule has 0 aromatic heterocycles. The summed E-state index contributed by atoms with van der Waals surface area (Å²) < 4.78 is 0. The minimum atomic E-state index is -0.744. The van der Waals surface area contributed by atoms with Crippen molar-refractivity contribution in [3.8, 4) is 0 Å². The number of carbonyl (C=O) groups excluding carboxylic acids is 1. The first-order chi connectivity index (χ1) is 9.19. The number of amides is 1. The first-order valence-corrected chi connectivity index (χ1v) is 7.44. The van der Waals surface area contributed by atoms with Crippen LogP contribution in [-0.2, 0) is 9.59 Å². The monoisotopic (exact) mass is 284 g/mol. The average molecular weight is 284 g/mol. The van der Waals surface area contributed by atoms with Gasteiger partial charge in [-0.3, -0.25) is 14.5 Å². The molecule has 0 aromatic rings. The lowest BCUT2D eigenvalue weighted by molar-refractivity contribution is -0.151. The van der Waals surface area contributed by atoms with Crippen molar-refractivity contribution in [3.05, 3.63) is 0 Å². The van der Waals surface area contributed by atoms with E-state index in [1.165, 1.54) is 0 Å². The quantitative estimate of drug-likeness (QED) is 0.777. The fraction of sp³-hybridized carbons (Fsp3) is 0.867. The highest BCUT2D eigenvalue weighted by Crippen LogP contribution is 2.37. The maximum Gasteiger partial charge on any atom is 0.311 e. The number of aliphatic carboxylic acids is 1. The lowest BCUT2D eigenvalue weighted by Gasteiger charge is -2.29. The molecular formula is C15H28N2O3. The topological polar surface area (TPSA) is 69.6 Å². The van der Waals surface area contributed by atoms with Crippen molar-refractivity contribution >= 4 is 11.9 Å². The van der Waals surface area contributed by atoms with Crippen LogP contribution in [0.25, 0.3) is 0 Å². The minimum Gasteiger partial charge on any atom is -0.481 e. The van der Waals surface area contributed by atoms with E-state index in [0.29, 0.717) is 32.0 Å². The fourth-order valence-corrected chi connectivity index (χ4v) is 2.61. The Morgan fingerprint density at radius 3 is 2.25 bits per heavy atom. The Morgan fingerprint density at radius 1 is 1.25 bits per heavy atom. The zero-order valence-corrected chi connectivity index (χ0v) is 13.3. The van der Waals surface area contributed by atoms with Crippen molar-refractivity contribution in [2.24, 2.45) is 17.3 Å². The minimum absolute atomic E-state index is 0.0175. The Balaban J connectivity index is 2.56. The smallest absolute Gasteiger partial charge is 0.311 e. The molecule has 0 aromatic carbocycles. The highest BCUT2D eigenvalue weighted by atomic mass is 16.4.